The zero-order chi connectivity index (χ0) is 26.4. The van der Waals surface area contributed by atoms with Crippen LogP contribution in [0.1, 0.15) is 22.3 Å². The van der Waals surface area contributed by atoms with Crippen LogP contribution in [0, 0.1) is 0 Å². The Morgan fingerprint density at radius 3 is 1.62 bits per heavy atom. The molecule has 2 aliphatic carbocycles. The molecule has 39 heavy (non-hydrogen) atoms. The fourth-order valence-corrected chi connectivity index (χ4v) is 7.88. The van der Waals surface area contributed by atoms with Crippen molar-refractivity contribution in [1.82, 2.24) is 0 Å². The van der Waals surface area contributed by atoms with Crippen LogP contribution in [0.5, 0.6) is 0 Å². The third kappa shape index (κ3) is 3.06. The van der Waals surface area contributed by atoms with Crippen LogP contribution in [0.25, 0.3) is 44.2 Å². The number of rotatable bonds is 2. The Morgan fingerprint density at radius 2 is 0.974 bits per heavy atom. The Labute approximate surface area is 229 Å². The molecule has 0 N–H and O–H groups in total. The molecule has 1 nitrogen and oxygen atoms in total. The molecule has 6 aromatic carbocycles. The summed E-state index contributed by atoms with van der Waals surface area (Å²) >= 11 is 0. The first kappa shape index (κ1) is 22.8. The van der Waals surface area contributed by atoms with Gasteiger partial charge in [0.2, 0.25) is 0 Å². The normalized spacial score (nSPS) is 14.2. The zero-order valence-electron chi connectivity index (χ0n) is 22.0. The first-order chi connectivity index (χ1) is 19.0. The van der Waals surface area contributed by atoms with Crippen LogP contribution >= 0.6 is 7.14 Å². The van der Waals surface area contributed by atoms with Crippen molar-refractivity contribution < 1.29 is 4.57 Å². The molecule has 2 aliphatic rings. The van der Waals surface area contributed by atoms with Crippen molar-refractivity contribution in [3.8, 4) is 33.4 Å². The number of fused-ring (bicyclic) bond motifs is 11. The lowest BCUT2D eigenvalue weighted by atomic mass is 9.70. The molecule has 1 spiro atoms. The fraction of sp³-hybridized carbons (Fsp3) is 0.0811. The molecule has 0 saturated heterocycles. The summed E-state index contributed by atoms with van der Waals surface area (Å²) in [7, 11) is -2.30. The van der Waals surface area contributed by atoms with Gasteiger partial charge in [0.25, 0.3) is 0 Å². The van der Waals surface area contributed by atoms with Crippen molar-refractivity contribution in [3.05, 3.63) is 150 Å². The van der Waals surface area contributed by atoms with Gasteiger partial charge in [0, 0.05) is 5.30 Å². The molecule has 0 saturated carbocycles. The smallest absolute Gasteiger partial charge is 0.109 e. The number of hydrogen-bond donors (Lipinski definition) is 0. The van der Waals surface area contributed by atoms with E-state index in [1.807, 2.05) is 25.5 Å². The first-order valence-corrected chi connectivity index (χ1v) is 16.1. The van der Waals surface area contributed by atoms with E-state index in [0.29, 0.717) is 0 Å². The molecule has 0 amide bonds. The molecule has 0 bridgehead atoms. The van der Waals surface area contributed by atoms with Crippen molar-refractivity contribution in [2.45, 2.75) is 5.41 Å². The average Bonchev–Trinajstić information content (AvgIpc) is 3.42. The van der Waals surface area contributed by atoms with Gasteiger partial charge in [0.1, 0.15) is 7.14 Å². The van der Waals surface area contributed by atoms with E-state index in [0.717, 1.165) is 10.9 Å². The van der Waals surface area contributed by atoms with E-state index in [4.69, 9.17) is 0 Å². The van der Waals surface area contributed by atoms with Crippen LogP contribution in [0.3, 0.4) is 0 Å². The summed E-state index contributed by atoms with van der Waals surface area (Å²) in [4.78, 5) is 0. The van der Waals surface area contributed by atoms with Gasteiger partial charge >= 0.3 is 0 Å². The predicted octanol–water partition coefficient (Wildman–Crippen LogP) is 9.10. The molecule has 0 heterocycles. The van der Waals surface area contributed by atoms with Gasteiger partial charge in [-0.3, -0.25) is 0 Å². The van der Waals surface area contributed by atoms with Crippen molar-refractivity contribution in [2.75, 3.05) is 13.3 Å². The minimum Gasteiger partial charge on any atom is -0.319 e. The van der Waals surface area contributed by atoms with Gasteiger partial charge in [-0.15, -0.1) is 0 Å². The lowest BCUT2D eigenvalue weighted by Crippen LogP contribution is -2.25. The molecule has 0 radical (unpaired) electrons. The lowest BCUT2D eigenvalue weighted by molar-refractivity contribution is 0.588. The molecule has 0 aromatic heterocycles. The monoisotopic (exact) mass is 518 g/mol. The molecule has 0 atom stereocenters. The summed E-state index contributed by atoms with van der Waals surface area (Å²) in [5, 5.41) is 3.45. The molecule has 186 valence electrons. The summed E-state index contributed by atoms with van der Waals surface area (Å²) in [5.41, 5.74) is 12.6. The van der Waals surface area contributed by atoms with E-state index in [1.54, 1.807) is 0 Å². The highest BCUT2D eigenvalue weighted by atomic mass is 31.2. The van der Waals surface area contributed by atoms with Crippen molar-refractivity contribution in [1.29, 1.82) is 0 Å². The highest BCUT2D eigenvalue weighted by Crippen LogP contribution is 2.63. The standard InChI is InChI=1S/C37H27OP/c1-39(2,38)28-18-15-24(16-19-28)27-17-20-31-32-21-25-9-3-4-10-26(25)22-36(32)37(35(31)23-27)33-13-7-5-11-29(33)30-12-6-8-14-34(30)37/h3-23H,1-2H3. The van der Waals surface area contributed by atoms with E-state index in [2.05, 4.69) is 115 Å². The van der Waals surface area contributed by atoms with Gasteiger partial charge in [-0.1, -0.05) is 109 Å². The number of hydrogen-bond acceptors (Lipinski definition) is 1. The maximum absolute atomic E-state index is 12.6. The summed E-state index contributed by atoms with van der Waals surface area (Å²) in [6, 6.07) is 46.7. The Kier molecular flexibility index (Phi) is 4.62. The maximum Gasteiger partial charge on any atom is 0.109 e. The Balaban J connectivity index is 1.46. The summed E-state index contributed by atoms with van der Waals surface area (Å²) in [5.74, 6) is 0. The van der Waals surface area contributed by atoms with Crippen molar-refractivity contribution >= 4 is 23.2 Å². The summed E-state index contributed by atoms with van der Waals surface area (Å²) in [6.07, 6.45) is 0. The van der Waals surface area contributed by atoms with Gasteiger partial charge in [-0.25, -0.2) is 0 Å². The predicted molar refractivity (Wildman–Crippen MR) is 165 cm³/mol. The molecule has 0 aliphatic heterocycles. The van der Waals surface area contributed by atoms with Crippen LogP contribution in [0.15, 0.2) is 127 Å². The molecule has 6 aromatic rings. The Morgan fingerprint density at radius 1 is 0.462 bits per heavy atom. The fourth-order valence-electron chi connectivity index (χ4n) is 7.02. The van der Waals surface area contributed by atoms with Crippen LogP contribution in [-0.2, 0) is 9.98 Å². The molecular weight excluding hydrogens is 491 g/mol. The second kappa shape index (κ2) is 7.92. The average molecular weight is 519 g/mol. The third-order valence-electron chi connectivity index (χ3n) is 8.78. The third-order valence-corrected chi connectivity index (χ3v) is 10.3. The second-order valence-corrected chi connectivity index (χ2v) is 14.5. The van der Waals surface area contributed by atoms with Gasteiger partial charge in [-0.2, -0.15) is 0 Å². The van der Waals surface area contributed by atoms with Gasteiger partial charge < -0.3 is 4.57 Å². The molecule has 2 heteroatoms. The van der Waals surface area contributed by atoms with Crippen LogP contribution < -0.4 is 5.30 Å². The lowest BCUT2D eigenvalue weighted by Gasteiger charge is -2.31. The molecule has 8 rings (SSSR count). The van der Waals surface area contributed by atoms with Crippen LogP contribution in [0.4, 0.5) is 0 Å². The van der Waals surface area contributed by atoms with Gasteiger partial charge in [-0.05, 0) is 97.9 Å². The first-order valence-electron chi connectivity index (χ1n) is 13.5. The van der Waals surface area contributed by atoms with E-state index in [9.17, 15) is 4.57 Å². The van der Waals surface area contributed by atoms with E-state index < -0.39 is 7.14 Å². The van der Waals surface area contributed by atoms with Crippen molar-refractivity contribution in [3.63, 3.8) is 0 Å². The molecular formula is C37H27OP. The second-order valence-electron chi connectivity index (χ2n) is 11.2. The summed E-state index contributed by atoms with van der Waals surface area (Å²) in [6.45, 7) is 3.66. The maximum atomic E-state index is 12.6. The van der Waals surface area contributed by atoms with Crippen LogP contribution in [-0.4, -0.2) is 13.3 Å². The quantitative estimate of drug-likeness (QED) is 0.209. The Hall–Kier alpha value is -4.19. The minimum absolute atomic E-state index is 0.375. The summed E-state index contributed by atoms with van der Waals surface area (Å²) < 4.78 is 12.6. The van der Waals surface area contributed by atoms with E-state index >= 15 is 0 Å². The van der Waals surface area contributed by atoms with Crippen molar-refractivity contribution in [2.24, 2.45) is 0 Å². The molecule has 0 unspecified atom stereocenters. The van der Waals surface area contributed by atoms with E-state index in [-0.39, 0.29) is 5.41 Å². The largest absolute Gasteiger partial charge is 0.319 e. The van der Waals surface area contributed by atoms with E-state index in [1.165, 1.54) is 60.8 Å². The van der Waals surface area contributed by atoms with Gasteiger partial charge in [0.15, 0.2) is 0 Å². The molecule has 0 fully saturated rings. The van der Waals surface area contributed by atoms with Gasteiger partial charge in [0.05, 0.1) is 5.41 Å². The highest BCUT2D eigenvalue weighted by molar-refractivity contribution is 7.70. The Bertz CT molecular complexity index is 1960. The number of benzene rings is 6. The minimum atomic E-state index is -2.30. The SMILES string of the molecule is CP(C)(=O)c1ccc(-c2ccc3c(c2)C2(c4ccccc4-c4ccccc42)c2cc4ccccc4cc2-3)cc1. The zero-order valence-corrected chi connectivity index (χ0v) is 22.9. The highest BCUT2D eigenvalue weighted by Gasteiger charge is 2.51. The van der Waals surface area contributed by atoms with Crippen LogP contribution in [0.2, 0.25) is 0 Å². The topological polar surface area (TPSA) is 17.1 Å².